The Bertz CT molecular complexity index is 474. The van der Waals surface area contributed by atoms with Gasteiger partial charge in [-0.05, 0) is 25.0 Å². The molecule has 90 valence electrons. The van der Waals surface area contributed by atoms with E-state index in [1.165, 1.54) is 24.1 Å². The van der Waals surface area contributed by atoms with Crippen molar-refractivity contribution in [2.24, 2.45) is 0 Å². The lowest BCUT2D eigenvalue weighted by molar-refractivity contribution is 0.823. The molecule has 3 nitrogen and oxygen atoms in total. The fraction of sp³-hybridized carbons (Fsp3) is 0.357. The molecule has 2 rings (SSSR count). The molecule has 0 aliphatic carbocycles. The summed E-state index contributed by atoms with van der Waals surface area (Å²) in [5.74, 6) is 0.924. The highest BCUT2D eigenvalue weighted by molar-refractivity contribution is 5.46. The van der Waals surface area contributed by atoms with E-state index in [0.29, 0.717) is 0 Å². The lowest BCUT2D eigenvalue weighted by Gasteiger charge is -2.11. The second-order valence-electron chi connectivity index (χ2n) is 4.19. The first-order valence-corrected chi connectivity index (χ1v) is 6.16. The number of nitrogens with zero attached hydrogens (tertiary/aromatic N) is 2. The minimum absolute atomic E-state index is 0.924. The smallest absolute Gasteiger partial charge is 0.207 e. The molecule has 0 radical (unpaired) electrons. The van der Waals surface area contributed by atoms with E-state index >= 15 is 0 Å². The standard InChI is InChI=1S/C14H19N3/c1-3-4-9-15-14-16-10-11-17(14)13-8-6-5-7-12(13)2/h5-8,10-11H,3-4,9H2,1-2H3,(H,15,16). The van der Waals surface area contributed by atoms with Crippen molar-refractivity contribution >= 4 is 5.95 Å². The van der Waals surface area contributed by atoms with Crippen molar-refractivity contribution in [3.05, 3.63) is 42.2 Å². The van der Waals surface area contributed by atoms with Gasteiger partial charge in [-0.3, -0.25) is 4.57 Å². The maximum Gasteiger partial charge on any atom is 0.207 e. The Hall–Kier alpha value is -1.77. The van der Waals surface area contributed by atoms with Crippen molar-refractivity contribution in [3.63, 3.8) is 0 Å². The minimum Gasteiger partial charge on any atom is -0.355 e. The van der Waals surface area contributed by atoms with E-state index in [1.54, 1.807) is 0 Å². The van der Waals surface area contributed by atoms with Crippen molar-refractivity contribution in [1.82, 2.24) is 9.55 Å². The van der Waals surface area contributed by atoms with Crippen molar-refractivity contribution in [1.29, 1.82) is 0 Å². The van der Waals surface area contributed by atoms with E-state index in [4.69, 9.17) is 0 Å². The third kappa shape index (κ3) is 2.67. The molecule has 0 aliphatic heterocycles. The fourth-order valence-electron chi connectivity index (χ4n) is 1.84. The highest BCUT2D eigenvalue weighted by atomic mass is 15.2. The van der Waals surface area contributed by atoms with Crippen molar-refractivity contribution in [2.45, 2.75) is 26.7 Å². The zero-order chi connectivity index (χ0) is 12.1. The van der Waals surface area contributed by atoms with Gasteiger partial charge in [0.25, 0.3) is 0 Å². The van der Waals surface area contributed by atoms with E-state index in [0.717, 1.165) is 12.5 Å². The summed E-state index contributed by atoms with van der Waals surface area (Å²) in [6, 6.07) is 8.34. The molecule has 0 bridgehead atoms. The SMILES string of the molecule is CCCCNc1nccn1-c1ccccc1C. The Balaban J connectivity index is 2.22. The quantitative estimate of drug-likeness (QED) is 0.796. The molecular weight excluding hydrogens is 210 g/mol. The molecule has 1 N–H and O–H groups in total. The van der Waals surface area contributed by atoms with Gasteiger partial charge in [0.05, 0.1) is 5.69 Å². The zero-order valence-electron chi connectivity index (χ0n) is 10.5. The number of nitrogens with one attached hydrogen (secondary N) is 1. The van der Waals surface area contributed by atoms with Gasteiger partial charge < -0.3 is 5.32 Å². The Kier molecular flexibility index (Phi) is 3.81. The maximum atomic E-state index is 4.36. The van der Waals surface area contributed by atoms with Crippen LogP contribution in [0.1, 0.15) is 25.3 Å². The van der Waals surface area contributed by atoms with Crippen LogP contribution < -0.4 is 5.32 Å². The summed E-state index contributed by atoms with van der Waals surface area (Å²) in [6.45, 7) is 5.28. The number of hydrogen-bond acceptors (Lipinski definition) is 2. The summed E-state index contributed by atoms with van der Waals surface area (Å²) in [5, 5.41) is 3.37. The first-order chi connectivity index (χ1) is 8.33. The van der Waals surface area contributed by atoms with Crippen molar-refractivity contribution in [2.75, 3.05) is 11.9 Å². The zero-order valence-corrected chi connectivity index (χ0v) is 10.5. The monoisotopic (exact) mass is 229 g/mol. The molecule has 1 aromatic carbocycles. The normalized spacial score (nSPS) is 10.5. The topological polar surface area (TPSA) is 29.9 Å². The molecule has 1 heterocycles. The number of hydrogen-bond donors (Lipinski definition) is 1. The minimum atomic E-state index is 0.924. The first-order valence-electron chi connectivity index (χ1n) is 6.16. The number of anilines is 1. The number of aryl methyl sites for hydroxylation is 1. The second kappa shape index (κ2) is 5.53. The average Bonchev–Trinajstić information content (AvgIpc) is 2.78. The van der Waals surface area contributed by atoms with Crippen LogP contribution in [-0.2, 0) is 0 Å². The van der Waals surface area contributed by atoms with Crippen molar-refractivity contribution in [3.8, 4) is 5.69 Å². The molecule has 0 fully saturated rings. The molecule has 0 unspecified atom stereocenters. The van der Waals surface area contributed by atoms with Crippen molar-refractivity contribution < 1.29 is 0 Å². The number of benzene rings is 1. The van der Waals surface area contributed by atoms with Crippen LogP contribution in [0.4, 0.5) is 5.95 Å². The van der Waals surface area contributed by atoms with Gasteiger partial charge in [0.1, 0.15) is 0 Å². The number of aromatic nitrogens is 2. The number of para-hydroxylation sites is 1. The summed E-state index contributed by atoms with van der Waals surface area (Å²) < 4.78 is 2.10. The molecule has 1 aromatic heterocycles. The number of unbranched alkanes of at least 4 members (excludes halogenated alkanes) is 1. The molecule has 0 saturated carbocycles. The molecule has 17 heavy (non-hydrogen) atoms. The van der Waals surface area contributed by atoms with Crippen LogP contribution in [0, 0.1) is 6.92 Å². The molecule has 0 atom stereocenters. The third-order valence-electron chi connectivity index (χ3n) is 2.83. The summed E-state index contributed by atoms with van der Waals surface area (Å²) in [6.07, 6.45) is 6.19. The summed E-state index contributed by atoms with van der Waals surface area (Å²) >= 11 is 0. The van der Waals surface area contributed by atoms with Crippen LogP contribution in [0.15, 0.2) is 36.7 Å². The second-order valence-corrected chi connectivity index (χ2v) is 4.19. The van der Waals surface area contributed by atoms with E-state index in [1.807, 2.05) is 12.4 Å². The molecular formula is C14H19N3. The van der Waals surface area contributed by atoms with Gasteiger partial charge >= 0.3 is 0 Å². The summed E-state index contributed by atoms with van der Waals surface area (Å²) in [5.41, 5.74) is 2.44. The maximum absolute atomic E-state index is 4.36. The molecule has 0 amide bonds. The van der Waals surface area contributed by atoms with E-state index < -0.39 is 0 Å². The Morgan fingerprint density at radius 3 is 2.88 bits per heavy atom. The van der Waals surface area contributed by atoms with Crippen LogP contribution in [0.25, 0.3) is 5.69 Å². The van der Waals surface area contributed by atoms with Gasteiger partial charge in [-0.2, -0.15) is 0 Å². The van der Waals surface area contributed by atoms with Crippen LogP contribution in [-0.4, -0.2) is 16.1 Å². The van der Waals surface area contributed by atoms with Crippen LogP contribution in [0.5, 0.6) is 0 Å². The first kappa shape index (κ1) is 11.7. The van der Waals surface area contributed by atoms with Gasteiger partial charge in [-0.1, -0.05) is 31.5 Å². The van der Waals surface area contributed by atoms with Gasteiger partial charge in [-0.15, -0.1) is 0 Å². The molecule has 3 heteroatoms. The number of imidazole rings is 1. The molecule has 0 aliphatic rings. The van der Waals surface area contributed by atoms with E-state index in [9.17, 15) is 0 Å². The lowest BCUT2D eigenvalue weighted by Crippen LogP contribution is -2.07. The third-order valence-corrected chi connectivity index (χ3v) is 2.83. The predicted octanol–water partition coefficient (Wildman–Crippen LogP) is 3.39. The summed E-state index contributed by atoms with van der Waals surface area (Å²) in [4.78, 5) is 4.36. The average molecular weight is 229 g/mol. The van der Waals surface area contributed by atoms with E-state index in [2.05, 4.69) is 53.0 Å². The molecule has 0 spiro atoms. The Morgan fingerprint density at radius 1 is 1.29 bits per heavy atom. The molecule has 0 saturated heterocycles. The highest BCUT2D eigenvalue weighted by Gasteiger charge is 2.05. The largest absolute Gasteiger partial charge is 0.355 e. The van der Waals surface area contributed by atoms with Gasteiger partial charge in [-0.25, -0.2) is 4.98 Å². The van der Waals surface area contributed by atoms with Crippen LogP contribution >= 0.6 is 0 Å². The van der Waals surface area contributed by atoms with E-state index in [-0.39, 0.29) is 0 Å². The van der Waals surface area contributed by atoms with Gasteiger partial charge in [0, 0.05) is 18.9 Å². The Labute approximate surface area is 103 Å². The van der Waals surface area contributed by atoms with Crippen LogP contribution in [0.2, 0.25) is 0 Å². The summed E-state index contributed by atoms with van der Waals surface area (Å²) in [7, 11) is 0. The Morgan fingerprint density at radius 2 is 2.12 bits per heavy atom. The lowest BCUT2D eigenvalue weighted by atomic mass is 10.2. The van der Waals surface area contributed by atoms with Gasteiger partial charge in [0.2, 0.25) is 5.95 Å². The predicted molar refractivity (Wildman–Crippen MR) is 71.7 cm³/mol. The number of rotatable bonds is 5. The highest BCUT2D eigenvalue weighted by Crippen LogP contribution is 2.17. The molecule has 2 aromatic rings. The fourth-order valence-corrected chi connectivity index (χ4v) is 1.84. The van der Waals surface area contributed by atoms with Gasteiger partial charge in [0.15, 0.2) is 0 Å². The van der Waals surface area contributed by atoms with Crippen LogP contribution in [0.3, 0.4) is 0 Å².